The number of nitrogen functional groups attached to an aromatic ring is 1. The van der Waals surface area contributed by atoms with Crippen LogP contribution in [0.15, 0.2) is 18.2 Å². The molecule has 0 saturated heterocycles. The number of pyridine rings is 1. The van der Waals surface area contributed by atoms with E-state index >= 15 is 0 Å². The van der Waals surface area contributed by atoms with Crippen molar-refractivity contribution in [1.29, 1.82) is 0 Å². The number of nitrogens with two attached hydrogens (primary N) is 1. The van der Waals surface area contributed by atoms with E-state index in [1.54, 1.807) is 0 Å². The monoisotopic (exact) mass is 297 g/mol. The minimum Gasteiger partial charge on any atom is -0.397 e. The molecule has 1 aliphatic rings. The first kappa shape index (κ1) is 14.8. The Hall–Kier alpha value is -2.10. The molecular weight excluding hydrogens is 274 g/mol. The van der Waals surface area contributed by atoms with Gasteiger partial charge in [-0.2, -0.15) is 0 Å². The van der Waals surface area contributed by atoms with Crippen LogP contribution in [0.4, 0.5) is 5.69 Å². The minimum absolute atomic E-state index is 0.0259. The van der Waals surface area contributed by atoms with Crippen molar-refractivity contribution in [2.75, 3.05) is 12.3 Å². The van der Waals surface area contributed by atoms with Crippen LogP contribution in [0.1, 0.15) is 48.8 Å². The molecule has 0 saturated carbocycles. The summed E-state index contributed by atoms with van der Waals surface area (Å²) < 4.78 is 0. The van der Waals surface area contributed by atoms with Gasteiger partial charge in [-0.25, -0.2) is 4.98 Å². The second-order valence-corrected chi connectivity index (χ2v) is 6.49. The Bertz CT molecular complexity index is 737. The van der Waals surface area contributed by atoms with E-state index in [0.717, 1.165) is 36.0 Å². The van der Waals surface area contributed by atoms with Gasteiger partial charge in [-0.1, -0.05) is 39.0 Å². The van der Waals surface area contributed by atoms with Crippen LogP contribution in [0.5, 0.6) is 0 Å². The molecular formula is C18H23N3O. The number of carbonyl (C=O) groups is 1. The first-order chi connectivity index (χ1) is 10.5. The van der Waals surface area contributed by atoms with Crippen molar-refractivity contribution >= 4 is 22.5 Å². The van der Waals surface area contributed by atoms with Crippen molar-refractivity contribution in [1.82, 2.24) is 9.88 Å². The van der Waals surface area contributed by atoms with Gasteiger partial charge in [0.25, 0.3) is 5.91 Å². The zero-order valence-corrected chi connectivity index (χ0v) is 13.5. The Morgan fingerprint density at radius 2 is 2.14 bits per heavy atom. The van der Waals surface area contributed by atoms with Crippen molar-refractivity contribution in [2.45, 2.75) is 40.2 Å². The Morgan fingerprint density at radius 3 is 2.82 bits per heavy atom. The molecule has 0 atom stereocenters. The quantitative estimate of drug-likeness (QED) is 0.941. The minimum atomic E-state index is 0.0259. The maximum absolute atomic E-state index is 12.5. The third kappa shape index (κ3) is 2.32. The number of hydrogen-bond donors (Lipinski definition) is 1. The average molecular weight is 297 g/mol. The maximum Gasteiger partial charge on any atom is 0.258 e. The highest BCUT2D eigenvalue weighted by atomic mass is 16.2. The fourth-order valence-electron chi connectivity index (χ4n) is 3.24. The number of benzene rings is 1. The van der Waals surface area contributed by atoms with Gasteiger partial charge in [0.05, 0.1) is 29.0 Å². The van der Waals surface area contributed by atoms with Crippen LogP contribution in [0.25, 0.3) is 10.9 Å². The first-order valence-electron chi connectivity index (χ1n) is 8.02. The van der Waals surface area contributed by atoms with Crippen LogP contribution >= 0.6 is 0 Å². The van der Waals surface area contributed by atoms with E-state index in [1.165, 1.54) is 5.56 Å². The molecule has 116 valence electrons. The topological polar surface area (TPSA) is 59.2 Å². The molecule has 1 aromatic carbocycles. The number of rotatable bonds is 4. The lowest BCUT2D eigenvalue weighted by atomic mass is 9.98. The second-order valence-electron chi connectivity index (χ2n) is 6.49. The molecule has 2 heterocycles. The van der Waals surface area contributed by atoms with Crippen LogP contribution in [0, 0.1) is 5.92 Å². The van der Waals surface area contributed by atoms with Gasteiger partial charge in [0.15, 0.2) is 0 Å². The van der Waals surface area contributed by atoms with E-state index in [1.807, 2.05) is 17.0 Å². The number of nitrogens with zero attached hydrogens (tertiary/aromatic N) is 2. The molecule has 4 heteroatoms. The Labute approximate surface area is 131 Å². The van der Waals surface area contributed by atoms with E-state index < -0.39 is 0 Å². The zero-order chi connectivity index (χ0) is 15.9. The molecule has 1 aliphatic heterocycles. The van der Waals surface area contributed by atoms with Crippen LogP contribution < -0.4 is 5.73 Å². The highest BCUT2D eigenvalue weighted by Gasteiger charge is 2.31. The van der Waals surface area contributed by atoms with Gasteiger partial charge in [-0.15, -0.1) is 0 Å². The van der Waals surface area contributed by atoms with Gasteiger partial charge < -0.3 is 10.6 Å². The summed E-state index contributed by atoms with van der Waals surface area (Å²) in [6, 6.07) is 6.09. The van der Waals surface area contributed by atoms with E-state index in [2.05, 4.69) is 26.8 Å². The van der Waals surface area contributed by atoms with Crippen LogP contribution in [0.3, 0.4) is 0 Å². The van der Waals surface area contributed by atoms with Crippen molar-refractivity contribution in [2.24, 2.45) is 5.92 Å². The van der Waals surface area contributed by atoms with Crippen molar-refractivity contribution in [3.63, 3.8) is 0 Å². The second kappa shape index (κ2) is 5.59. The maximum atomic E-state index is 12.5. The van der Waals surface area contributed by atoms with Crippen molar-refractivity contribution < 1.29 is 4.79 Å². The summed E-state index contributed by atoms with van der Waals surface area (Å²) in [5.41, 5.74) is 10.5. The molecule has 0 unspecified atom stereocenters. The third-order valence-corrected chi connectivity index (χ3v) is 4.18. The lowest BCUT2D eigenvalue weighted by Gasteiger charge is -2.13. The lowest BCUT2D eigenvalue weighted by Crippen LogP contribution is -2.24. The number of carbonyl (C=O) groups excluding carboxylic acids is 1. The Balaban J connectivity index is 2.16. The highest BCUT2D eigenvalue weighted by molar-refractivity contribution is 6.09. The average Bonchev–Trinajstić information content (AvgIpc) is 2.77. The molecule has 0 aliphatic carbocycles. The molecule has 0 spiro atoms. The summed E-state index contributed by atoms with van der Waals surface area (Å²) >= 11 is 0. The summed E-state index contributed by atoms with van der Waals surface area (Å²) in [5, 5.41) is 0.906. The van der Waals surface area contributed by atoms with Gasteiger partial charge >= 0.3 is 0 Å². The largest absolute Gasteiger partial charge is 0.397 e. The fourth-order valence-corrected chi connectivity index (χ4v) is 3.24. The molecule has 4 nitrogen and oxygen atoms in total. The van der Waals surface area contributed by atoms with E-state index in [4.69, 9.17) is 10.7 Å². The Morgan fingerprint density at radius 1 is 1.36 bits per heavy atom. The summed E-state index contributed by atoms with van der Waals surface area (Å²) in [5.74, 6) is 0.582. The molecule has 2 N–H and O–H groups in total. The lowest BCUT2D eigenvalue weighted by molar-refractivity contribution is 0.0779. The van der Waals surface area contributed by atoms with E-state index in [9.17, 15) is 4.79 Å². The molecule has 0 fully saturated rings. The van der Waals surface area contributed by atoms with Crippen LogP contribution in [-0.4, -0.2) is 22.3 Å². The zero-order valence-electron chi connectivity index (χ0n) is 13.5. The van der Waals surface area contributed by atoms with Crippen LogP contribution in [-0.2, 0) is 13.0 Å². The molecule has 3 rings (SSSR count). The number of hydrogen-bond acceptors (Lipinski definition) is 3. The predicted octanol–water partition coefficient (Wildman–Crippen LogP) is 3.38. The van der Waals surface area contributed by atoms with Crippen molar-refractivity contribution in [3.8, 4) is 0 Å². The first-order valence-corrected chi connectivity index (χ1v) is 8.02. The SMILES string of the molecule is CCCN1Cc2nc3c(CC(C)C)cccc3c(N)c2C1=O. The van der Waals surface area contributed by atoms with Crippen LogP contribution in [0.2, 0.25) is 0 Å². The summed E-state index contributed by atoms with van der Waals surface area (Å²) in [4.78, 5) is 19.2. The molecule has 1 aromatic heterocycles. The van der Waals surface area contributed by atoms with Crippen molar-refractivity contribution in [3.05, 3.63) is 35.0 Å². The number of fused-ring (bicyclic) bond motifs is 2. The van der Waals surface area contributed by atoms with Gasteiger partial charge in [0.1, 0.15) is 0 Å². The van der Waals surface area contributed by atoms with Gasteiger partial charge in [-0.05, 0) is 24.3 Å². The van der Waals surface area contributed by atoms with E-state index in [0.29, 0.717) is 23.7 Å². The smallest absolute Gasteiger partial charge is 0.258 e. The summed E-state index contributed by atoms with van der Waals surface area (Å²) in [6.07, 6.45) is 1.91. The summed E-state index contributed by atoms with van der Waals surface area (Å²) in [6.45, 7) is 7.80. The number of amides is 1. The number of aromatic nitrogens is 1. The Kier molecular flexibility index (Phi) is 3.77. The number of anilines is 1. The van der Waals surface area contributed by atoms with Gasteiger partial charge in [-0.3, -0.25) is 4.79 Å². The fraction of sp³-hybridized carbons (Fsp3) is 0.444. The molecule has 1 amide bonds. The molecule has 0 bridgehead atoms. The third-order valence-electron chi connectivity index (χ3n) is 4.18. The van der Waals surface area contributed by atoms with E-state index in [-0.39, 0.29) is 5.91 Å². The van der Waals surface area contributed by atoms with Gasteiger partial charge in [0, 0.05) is 11.9 Å². The number of para-hydroxylation sites is 1. The normalized spacial score (nSPS) is 14.2. The van der Waals surface area contributed by atoms with Gasteiger partial charge in [0.2, 0.25) is 0 Å². The molecule has 22 heavy (non-hydrogen) atoms. The molecule has 0 radical (unpaired) electrons. The standard InChI is InChI=1S/C18H23N3O/c1-4-8-21-10-14-15(18(21)22)16(19)13-7-5-6-12(9-11(2)3)17(13)20-14/h5-7,11H,4,8-10H2,1-3H3,(H2,19,20). The highest BCUT2D eigenvalue weighted by Crippen LogP contribution is 2.33. The predicted molar refractivity (Wildman–Crippen MR) is 89.7 cm³/mol. The summed E-state index contributed by atoms with van der Waals surface area (Å²) in [7, 11) is 0. The molecule has 2 aromatic rings.